The Kier molecular flexibility index (Phi) is 27.0. The Bertz CT molecular complexity index is 446. The van der Waals surface area contributed by atoms with Gasteiger partial charge in [-0.25, -0.2) is 0 Å². The smallest absolute Gasteiger partial charge is 0.313 e. The first kappa shape index (κ1) is 35.8. The van der Waals surface area contributed by atoms with Crippen LogP contribution < -0.4 is 0 Å². The molecule has 0 rings (SSSR count). The monoisotopic (exact) mass is 500 g/mol. The van der Waals surface area contributed by atoms with Crippen LogP contribution in [-0.4, -0.2) is 55.2 Å². The van der Waals surface area contributed by atoms with Crippen molar-refractivity contribution in [2.45, 2.75) is 137 Å². The quantitative estimate of drug-likeness (QED) is 0.0500. The maximum absolute atomic E-state index is 11.8. The molecule has 2 atom stereocenters. The normalized spacial score (nSPS) is 13.7. The number of esters is 1. The van der Waals surface area contributed by atoms with Gasteiger partial charge in [-0.05, 0) is 31.6 Å². The van der Waals surface area contributed by atoms with E-state index in [4.69, 9.17) is 14.2 Å². The molecule has 0 saturated carbocycles. The first-order valence-corrected chi connectivity index (χ1v) is 13.8. The Hall–Kier alpha value is -0.408. The molecule has 0 fully saturated rings. The van der Waals surface area contributed by atoms with Gasteiger partial charge in [0.05, 0.1) is 13.2 Å². The molecule has 0 aliphatic heterocycles. The molecule has 0 saturated heterocycles. The largest absolute Gasteiger partial charge is 0.460 e. The summed E-state index contributed by atoms with van der Waals surface area (Å²) in [5, 5.41) is 0. The van der Waals surface area contributed by atoms with Crippen LogP contribution in [0.5, 0.6) is 0 Å². The number of hydrogen-bond donors (Lipinski definition) is 0. The number of carbonyl (C=O) groups excluding carboxylic acids is 2. The van der Waals surface area contributed by atoms with Crippen LogP contribution >= 0.6 is 0 Å². The second-order valence-electron chi connectivity index (χ2n) is 9.61. The summed E-state index contributed by atoms with van der Waals surface area (Å²) in [5.41, 5.74) is 0. The molecule has 0 spiro atoms. The predicted molar refractivity (Wildman–Crippen MR) is 146 cm³/mol. The van der Waals surface area contributed by atoms with Crippen molar-refractivity contribution in [2.24, 2.45) is 11.8 Å². The molecule has 0 aromatic heterocycles. The molecule has 0 bridgehead atoms. The molecule has 0 aliphatic rings. The third-order valence-corrected chi connectivity index (χ3v) is 6.40. The van der Waals surface area contributed by atoms with Gasteiger partial charge in [0, 0.05) is 0 Å². The Labute approximate surface area is 221 Å². The van der Waals surface area contributed by atoms with E-state index in [0.29, 0.717) is 25.0 Å². The van der Waals surface area contributed by atoms with Crippen LogP contribution in [0.3, 0.4) is 0 Å². The fourth-order valence-electron chi connectivity index (χ4n) is 3.93. The number of carbonyl (C=O) groups is 2. The topological polar surface area (TPSA) is 61.8 Å². The van der Waals surface area contributed by atoms with Crippen molar-refractivity contribution in [3.05, 3.63) is 0 Å². The highest BCUT2D eigenvalue weighted by molar-refractivity contribution is 5.94. The highest BCUT2D eigenvalue weighted by atomic mass is 27.0. The first-order valence-electron chi connectivity index (χ1n) is 13.8. The van der Waals surface area contributed by atoms with Crippen molar-refractivity contribution < 1.29 is 23.8 Å². The second kappa shape index (κ2) is 25.7. The zero-order valence-corrected chi connectivity index (χ0v) is 22.5. The van der Waals surface area contributed by atoms with Crippen LogP contribution in [0.15, 0.2) is 0 Å². The number of ketones is 1. The van der Waals surface area contributed by atoms with Gasteiger partial charge in [0.15, 0.2) is 23.7 Å². The summed E-state index contributed by atoms with van der Waals surface area (Å²) >= 11 is 0. The summed E-state index contributed by atoms with van der Waals surface area (Å²) in [6, 6.07) is 0. The lowest BCUT2D eigenvalue weighted by Crippen LogP contribution is -2.29. The van der Waals surface area contributed by atoms with Crippen molar-refractivity contribution in [3.63, 3.8) is 0 Å². The van der Waals surface area contributed by atoms with Gasteiger partial charge in [0.1, 0.15) is 18.8 Å². The summed E-state index contributed by atoms with van der Waals surface area (Å²) in [6.07, 6.45) is 16.5. The SMILES string of the molecule is CCCCCCCC(CC)COC(COC(=O)CC(C)=O)OCC(CC)CCCCCCC.[AlH3]. The maximum Gasteiger partial charge on any atom is 0.313 e. The minimum atomic E-state index is -0.566. The first-order chi connectivity index (χ1) is 16.0. The molecule has 0 aliphatic carbocycles. The summed E-state index contributed by atoms with van der Waals surface area (Å²) < 4.78 is 17.5. The second-order valence-corrected chi connectivity index (χ2v) is 9.61. The summed E-state index contributed by atoms with van der Waals surface area (Å²) in [7, 11) is 0. The highest BCUT2D eigenvalue weighted by Crippen LogP contribution is 2.19. The third-order valence-electron chi connectivity index (χ3n) is 6.40. The number of Topliss-reactive ketones (excluding diaryl/α,β-unsaturated/α-hetero) is 1. The molecule has 0 aromatic rings. The maximum atomic E-state index is 11.8. The zero-order chi connectivity index (χ0) is 24.7. The van der Waals surface area contributed by atoms with Gasteiger partial charge in [-0.2, -0.15) is 0 Å². The van der Waals surface area contributed by atoms with Crippen LogP contribution in [0.4, 0.5) is 0 Å². The van der Waals surface area contributed by atoms with Crippen LogP contribution in [0.2, 0.25) is 0 Å². The summed E-state index contributed by atoms with van der Waals surface area (Å²) in [5.74, 6) is 0.282. The molecule has 0 N–H and O–H groups in total. The van der Waals surface area contributed by atoms with Crippen molar-refractivity contribution in [1.29, 1.82) is 0 Å². The lowest BCUT2D eigenvalue weighted by Gasteiger charge is -2.24. The Balaban J connectivity index is 0. The van der Waals surface area contributed by atoms with Gasteiger partial charge in [-0.1, -0.05) is 105 Å². The lowest BCUT2D eigenvalue weighted by molar-refractivity contribution is -0.191. The molecule has 0 radical (unpaired) electrons. The van der Waals surface area contributed by atoms with Gasteiger partial charge in [-0.15, -0.1) is 0 Å². The molecular formula is C28H57AlO5. The minimum Gasteiger partial charge on any atom is -0.460 e. The van der Waals surface area contributed by atoms with Crippen molar-refractivity contribution in [3.8, 4) is 0 Å². The fourth-order valence-corrected chi connectivity index (χ4v) is 3.93. The van der Waals surface area contributed by atoms with E-state index in [1.165, 1.54) is 71.1 Å². The van der Waals surface area contributed by atoms with E-state index in [0.717, 1.165) is 25.7 Å². The van der Waals surface area contributed by atoms with Crippen LogP contribution in [0, 0.1) is 11.8 Å². The molecule has 6 heteroatoms. The number of hydrogen-bond acceptors (Lipinski definition) is 5. The molecular weight excluding hydrogens is 443 g/mol. The molecule has 34 heavy (non-hydrogen) atoms. The van der Waals surface area contributed by atoms with Crippen molar-refractivity contribution in [2.75, 3.05) is 19.8 Å². The van der Waals surface area contributed by atoms with Crippen LogP contribution in [0.1, 0.15) is 131 Å². The van der Waals surface area contributed by atoms with Crippen molar-refractivity contribution >= 4 is 29.1 Å². The minimum absolute atomic E-state index is 0. The average Bonchev–Trinajstić information content (AvgIpc) is 2.79. The highest BCUT2D eigenvalue weighted by Gasteiger charge is 2.18. The molecule has 5 nitrogen and oxygen atoms in total. The van der Waals surface area contributed by atoms with Crippen molar-refractivity contribution in [1.82, 2.24) is 0 Å². The Morgan fingerprint density at radius 2 is 1.09 bits per heavy atom. The standard InChI is InChI=1S/C28H54O5.Al.3H/c1-6-10-12-14-16-18-25(8-3)21-32-28(23-31-27(30)20-24(5)29)33-22-26(9-4)19-17-15-13-11-7-2;;;;/h25-26,28H,6-23H2,1-5H3;;;;. The fraction of sp³-hybridized carbons (Fsp3) is 0.929. The van der Waals surface area contributed by atoms with Gasteiger partial charge >= 0.3 is 5.97 Å². The van der Waals surface area contributed by atoms with Gasteiger partial charge in [0.2, 0.25) is 0 Å². The molecule has 202 valence electrons. The Morgan fingerprint density at radius 1 is 0.647 bits per heavy atom. The number of rotatable bonds is 24. The third kappa shape index (κ3) is 22.1. The van der Waals surface area contributed by atoms with Gasteiger partial charge < -0.3 is 14.2 Å². The number of unbranched alkanes of at least 4 members (excludes halogenated alkanes) is 8. The van der Waals surface area contributed by atoms with E-state index in [1.54, 1.807) is 0 Å². The van der Waals surface area contributed by atoms with E-state index < -0.39 is 12.3 Å². The van der Waals surface area contributed by atoms with Crippen LogP contribution in [0.25, 0.3) is 0 Å². The van der Waals surface area contributed by atoms with E-state index in [2.05, 4.69) is 27.7 Å². The van der Waals surface area contributed by atoms with E-state index in [9.17, 15) is 9.59 Å². The predicted octanol–water partition coefficient (Wildman–Crippen LogP) is 6.46. The number of ether oxygens (including phenoxy) is 3. The Morgan fingerprint density at radius 3 is 1.47 bits per heavy atom. The average molecular weight is 501 g/mol. The molecule has 0 aromatic carbocycles. The summed E-state index contributed by atoms with van der Waals surface area (Å²) in [4.78, 5) is 23.0. The van der Waals surface area contributed by atoms with Gasteiger partial charge in [0.25, 0.3) is 0 Å². The molecule has 2 unspecified atom stereocenters. The molecule has 0 amide bonds. The van der Waals surface area contributed by atoms with E-state index >= 15 is 0 Å². The summed E-state index contributed by atoms with van der Waals surface area (Å²) in [6.45, 7) is 11.6. The van der Waals surface area contributed by atoms with Gasteiger partial charge in [-0.3, -0.25) is 9.59 Å². The lowest BCUT2D eigenvalue weighted by atomic mass is 9.99. The van der Waals surface area contributed by atoms with Crippen LogP contribution in [-0.2, 0) is 23.8 Å². The molecule has 0 heterocycles. The van der Waals surface area contributed by atoms with E-state index in [1.807, 2.05) is 0 Å². The van der Waals surface area contributed by atoms with E-state index in [-0.39, 0.29) is 36.2 Å². The zero-order valence-electron chi connectivity index (χ0n) is 22.5.